The van der Waals surface area contributed by atoms with E-state index in [1.807, 2.05) is 0 Å². The fourth-order valence-electron chi connectivity index (χ4n) is 12.0. The van der Waals surface area contributed by atoms with Crippen molar-refractivity contribution in [2.24, 2.45) is 0 Å². The highest BCUT2D eigenvalue weighted by molar-refractivity contribution is 6.01. The first kappa shape index (κ1) is 39.4. The lowest BCUT2D eigenvalue weighted by Gasteiger charge is -2.44. The van der Waals surface area contributed by atoms with Gasteiger partial charge in [-0.2, -0.15) is 0 Å². The fourth-order valence-corrected chi connectivity index (χ4v) is 12.0. The molecule has 65 heavy (non-hydrogen) atoms. The van der Waals surface area contributed by atoms with E-state index < -0.39 is 5.41 Å². The zero-order valence-corrected chi connectivity index (χ0v) is 38.0. The number of nitrogens with zero attached hydrogens (tertiary/aromatic N) is 1. The molecule has 0 fully saturated rings. The Kier molecular flexibility index (Phi) is 8.88. The molecule has 1 spiro atoms. The van der Waals surface area contributed by atoms with Crippen LogP contribution in [0.1, 0.15) is 79.5 Å². The molecule has 0 N–H and O–H groups in total. The van der Waals surface area contributed by atoms with Crippen LogP contribution in [0, 0.1) is 6.92 Å². The van der Waals surface area contributed by atoms with Gasteiger partial charge >= 0.3 is 0 Å². The third kappa shape index (κ3) is 5.91. The molecule has 0 atom stereocenters. The highest BCUT2D eigenvalue weighted by Crippen LogP contribution is 2.65. The quantitative estimate of drug-likeness (QED) is 0.161. The monoisotopic (exact) mass is 835 g/mol. The minimum atomic E-state index is -0.487. The molecule has 9 aromatic carbocycles. The molecule has 3 aliphatic rings. The maximum absolute atomic E-state index is 2.61. The molecule has 0 bridgehead atoms. The van der Waals surface area contributed by atoms with Gasteiger partial charge in [-0.25, -0.2) is 0 Å². The molecule has 0 saturated carbocycles. The maximum Gasteiger partial charge on any atom is 0.0726 e. The zero-order chi connectivity index (χ0) is 44.1. The first-order chi connectivity index (χ1) is 31.6. The van der Waals surface area contributed by atoms with E-state index in [2.05, 4.69) is 246 Å². The van der Waals surface area contributed by atoms with Crippen LogP contribution in [0.25, 0.3) is 55.6 Å². The van der Waals surface area contributed by atoms with Gasteiger partial charge in [0.05, 0.1) is 11.1 Å². The van der Waals surface area contributed by atoms with Gasteiger partial charge in [-0.05, 0) is 156 Å². The van der Waals surface area contributed by atoms with Gasteiger partial charge < -0.3 is 4.90 Å². The molecule has 1 nitrogen and oxygen atoms in total. The fraction of sp³-hybridized carbons (Fsp3) is 0.156. The summed E-state index contributed by atoms with van der Waals surface area (Å²) in [5, 5.41) is 0. The van der Waals surface area contributed by atoms with Crippen molar-refractivity contribution < 1.29 is 0 Å². The minimum absolute atomic E-state index is 0.0234. The molecular formula is C64H53N. The number of aryl methyl sites for hydroxylation is 1. The van der Waals surface area contributed by atoms with E-state index in [4.69, 9.17) is 0 Å². The molecule has 314 valence electrons. The summed E-state index contributed by atoms with van der Waals surface area (Å²) in [6.07, 6.45) is 2.30. The summed E-state index contributed by atoms with van der Waals surface area (Å²) in [5.74, 6) is 0. The Morgan fingerprint density at radius 3 is 1.29 bits per heavy atom. The van der Waals surface area contributed by atoms with Crippen molar-refractivity contribution in [2.75, 3.05) is 4.90 Å². The number of fused-ring (bicyclic) bond motifs is 11. The van der Waals surface area contributed by atoms with Crippen molar-refractivity contribution in [1.29, 1.82) is 0 Å². The lowest BCUT2D eigenvalue weighted by molar-refractivity contribution is 0.332. The molecule has 0 aromatic heterocycles. The average molecular weight is 836 g/mol. The summed E-state index contributed by atoms with van der Waals surface area (Å²) in [7, 11) is 0. The summed E-state index contributed by atoms with van der Waals surface area (Å²) < 4.78 is 0. The van der Waals surface area contributed by atoms with Gasteiger partial charge in [0.25, 0.3) is 0 Å². The van der Waals surface area contributed by atoms with Crippen LogP contribution < -0.4 is 4.90 Å². The van der Waals surface area contributed by atoms with Crippen molar-refractivity contribution in [3.05, 3.63) is 245 Å². The second-order valence-electron chi connectivity index (χ2n) is 19.9. The molecule has 9 aromatic rings. The van der Waals surface area contributed by atoms with E-state index >= 15 is 0 Å². The Bertz CT molecular complexity index is 3170. The average Bonchev–Trinajstić information content (AvgIpc) is 3.81. The van der Waals surface area contributed by atoms with E-state index in [0.717, 1.165) is 24.2 Å². The largest absolute Gasteiger partial charge is 0.310 e. The summed E-state index contributed by atoms with van der Waals surface area (Å²) in [6, 6.07) is 77.6. The van der Waals surface area contributed by atoms with Crippen LogP contribution in [0.5, 0.6) is 0 Å². The Hall–Kier alpha value is -7.22. The minimum Gasteiger partial charge on any atom is -0.310 e. The smallest absolute Gasteiger partial charge is 0.0726 e. The van der Waals surface area contributed by atoms with E-state index in [0.29, 0.717) is 0 Å². The third-order valence-electron chi connectivity index (χ3n) is 15.3. The van der Waals surface area contributed by atoms with Crippen LogP contribution in [-0.4, -0.2) is 0 Å². The van der Waals surface area contributed by atoms with E-state index in [1.54, 1.807) is 0 Å². The van der Waals surface area contributed by atoms with Crippen LogP contribution in [0.4, 0.5) is 17.1 Å². The van der Waals surface area contributed by atoms with Gasteiger partial charge in [-0.1, -0.05) is 198 Å². The molecular weight excluding hydrogens is 783 g/mol. The van der Waals surface area contributed by atoms with Gasteiger partial charge in [-0.15, -0.1) is 0 Å². The van der Waals surface area contributed by atoms with Crippen LogP contribution in [-0.2, 0) is 16.2 Å². The van der Waals surface area contributed by atoms with Gasteiger partial charge in [0.2, 0.25) is 0 Å². The van der Waals surface area contributed by atoms with E-state index in [1.165, 1.54) is 100 Å². The van der Waals surface area contributed by atoms with Gasteiger partial charge in [0.1, 0.15) is 0 Å². The van der Waals surface area contributed by atoms with Crippen LogP contribution >= 0.6 is 0 Å². The Morgan fingerprint density at radius 2 is 0.785 bits per heavy atom. The van der Waals surface area contributed by atoms with Gasteiger partial charge in [-0.3, -0.25) is 0 Å². The topological polar surface area (TPSA) is 3.24 Å². The number of rotatable bonds is 6. The summed E-state index contributed by atoms with van der Waals surface area (Å²) in [5.41, 5.74) is 25.4. The van der Waals surface area contributed by atoms with Crippen LogP contribution in [0.3, 0.4) is 0 Å². The summed E-state index contributed by atoms with van der Waals surface area (Å²) in [4.78, 5) is 2.56. The van der Waals surface area contributed by atoms with Crippen molar-refractivity contribution in [3.8, 4) is 55.6 Å². The van der Waals surface area contributed by atoms with Crippen molar-refractivity contribution in [2.45, 2.75) is 63.7 Å². The van der Waals surface area contributed by atoms with Gasteiger partial charge in [0, 0.05) is 16.9 Å². The molecule has 0 aliphatic heterocycles. The lowest BCUT2D eigenvalue weighted by atomic mass is 9.61. The summed E-state index contributed by atoms with van der Waals surface area (Å²) >= 11 is 0. The van der Waals surface area contributed by atoms with Crippen LogP contribution in [0.15, 0.2) is 206 Å². The molecule has 0 heterocycles. The molecule has 12 rings (SSSR count). The standard InChI is InChI=1S/C64H53N/c1-42-28-37-57-61(63(4,5)39-38-62(57,2)3)60(42)53-40-52-51-24-14-17-27-56(51)64(54-25-15-12-22-49(54)50-23-13-16-26-55(50)64)58(52)41-59(53)65(47-33-29-45(30-34-47)43-18-8-6-9-19-43)48-35-31-46(32-36-48)44-20-10-7-11-21-44/h6-37,40-41H,38-39H2,1-5H3. The highest BCUT2D eigenvalue weighted by atomic mass is 15.1. The third-order valence-corrected chi connectivity index (χ3v) is 15.3. The zero-order valence-electron chi connectivity index (χ0n) is 38.0. The van der Waals surface area contributed by atoms with Crippen molar-refractivity contribution in [1.82, 2.24) is 0 Å². The normalized spacial score (nSPS) is 15.4. The van der Waals surface area contributed by atoms with Gasteiger partial charge in [0.15, 0.2) is 0 Å². The maximum atomic E-state index is 2.61. The first-order valence-corrected chi connectivity index (χ1v) is 23.4. The molecule has 0 unspecified atom stereocenters. The van der Waals surface area contributed by atoms with Crippen LogP contribution in [0.2, 0.25) is 0 Å². The Morgan fingerprint density at radius 1 is 0.354 bits per heavy atom. The van der Waals surface area contributed by atoms with Crippen molar-refractivity contribution >= 4 is 17.1 Å². The second-order valence-corrected chi connectivity index (χ2v) is 19.9. The predicted molar refractivity (Wildman–Crippen MR) is 274 cm³/mol. The SMILES string of the molecule is Cc1ccc2c(c1-c1cc3c(cc1N(c1ccc(-c4ccccc4)cc1)c1ccc(-c4ccccc4)cc1)C1(c4ccccc4-c4ccccc41)c1ccccc1-3)C(C)(C)CCC2(C)C. The molecule has 0 amide bonds. The summed E-state index contributed by atoms with van der Waals surface area (Å²) in [6.45, 7) is 12.2. The Labute approximate surface area is 384 Å². The number of hydrogen-bond donors (Lipinski definition) is 0. The highest BCUT2D eigenvalue weighted by Gasteiger charge is 2.52. The predicted octanol–water partition coefficient (Wildman–Crippen LogP) is 17.2. The Balaban J connectivity index is 1.21. The molecule has 0 radical (unpaired) electrons. The van der Waals surface area contributed by atoms with E-state index in [9.17, 15) is 0 Å². The van der Waals surface area contributed by atoms with Crippen molar-refractivity contribution in [3.63, 3.8) is 0 Å². The number of benzene rings is 9. The number of anilines is 3. The molecule has 1 heteroatoms. The molecule has 3 aliphatic carbocycles. The second kappa shape index (κ2) is 14.7. The molecule has 0 saturated heterocycles. The lowest BCUT2D eigenvalue weighted by Crippen LogP contribution is -2.34. The first-order valence-electron chi connectivity index (χ1n) is 23.4. The number of hydrogen-bond acceptors (Lipinski definition) is 1. The van der Waals surface area contributed by atoms with E-state index in [-0.39, 0.29) is 10.8 Å².